The van der Waals surface area contributed by atoms with E-state index in [0.717, 1.165) is 0 Å². The number of quaternary nitrogens is 1. The predicted octanol–water partition coefficient (Wildman–Crippen LogP) is 11.3. The Morgan fingerprint density at radius 1 is 0.333 bits per heavy atom. The van der Waals surface area contributed by atoms with Crippen LogP contribution in [0.5, 0.6) is 0 Å². The van der Waals surface area contributed by atoms with Crippen molar-refractivity contribution in [3.63, 3.8) is 0 Å². The van der Waals surface area contributed by atoms with Crippen molar-refractivity contribution in [2.45, 2.75) is 161 Å². The molecule has 3 N–H and O–H groups in total. The predicted molar refractivity (Wildman–Crippen MR) is 230 cm³/mol. The second-order valence-electron chi connectivity index (χ2n) is 15.6. The number of benzene rings is 4. The first-order chi connectivity index (χ1) is 25.1. The highest BCUT2D eigenvalue weighted by Gasteiger charge is 2.31. The molecule has 4 aromatic carbocycles. The lowest BCUT2D eigenvalue weighted by Crippen LogP contribution is -2.74. The second-order valence-corrected chi connectivity index (χ2v) is 15.6. The van der Waals surface area contributed by atoms with Crippen molar-refractivity contribution >= 4 is 28.0 Å². The average Bonchev–Trinajstić information content (AvgIpc) is 3.18. The molecular weight excluding hydrogens is 613 g/mol. The number of rotatable bonds is 25. The molecule has 0 unspecified atom stereocenters. The molecule has 0 heterocycles. The van der Waals surface area contributed by atoms with Crippen LogP contribution < -0.4 is 27.6 Å². The molecule has 2 heteroatoms. The van der Waals surface area contributed by atoms with E-state index in [2.05, 4.69) is 142 Å². The maximum absolute atomic E-state index is 4.77. The Morgan fingerprint density at radius 3 is 0.784 bits per heavy atom. The van der Waals surface area contributed by atoms with Crippen LogP contribution in [-0.4, -0.2) is 11.7 Å². The molecule has 0 radical (unpaired) electrons. The minimum absolute atomic E-state index is 0.389. The van der Waals surface area contributed by atoms with Gasteiger partial charge in [-0.1, -0.05) is 238 Å². The third kappa shape index (κ3) is 14.8. The third-order valence-corrected chi connectivity index (χ3v) is 11.4. The molecule has 0 aromatic heterocycles. The fraction of sp³-hybridized carbons (Fsp3) is 0.510. The smallest absolute Gasteiger partial charge is 0.108 e. The molecule has 4 rings (SSSR count). The van der Waals surface area contributed by atoms with Crippen molar-refractivity contribution in [3.8, 4) is 0 Å². The molecule has 0 aliphatic rings. The molecule has 0 amide bonds. The molecule has 0 bridgehead atoms. The van der Waals surface area contributed by atoms with Gasteiger partial charge in [-0.15, -0.1) is 0 Å². The Morgan fingerprint density at radius 2 is 0.549 bits per heavy atom. The van der Waals surface area contributed by atoms with Gasteiger partial charge >= 0.3 is 0 Å². The van der Waals surface area contributed by atoms with Crippen molar-refractivity contribution < 1.29 is 5.73 Å². The fourth-order valence-corrected chi connectivity index (χ4v) is 8.34. The molecule has 0 atom stereocenters. The number of hydrogen-bond donors (Lipinski definition) is 1. The van der Waals surface area contributed by atoms with Gasteiger partial charge in [0.15, 0.2) is 0 Å². The number of unbranched alkanes of at least 4 members (excludes halogenated alkanes) is 15. The van der Waals surface area contributed by atoms with Gasteiger partial charge in [-0.05, 0) is 19.3 Å². The van der Waals surface area contributed by atoms with Gasteiger partial charge in [0.2, 0.25) is 0 Å². The summed E-state index contributed by atoms with van der Waals surface area (Å²) in [7, 11) is 0. The molecule has 0 saturated carbocycles. The van der Waals surface area contributed by atoms with Crippen LogP contribution >= 0.6 is 0 Å². The van der Waals surface area contributed by atoms with E-state index >= 15 is 0 Å². The quantitative estimate of drug-likeness (QED) is 0.0531. The van der Waals surface area contributed by atoms with E-state index in [0.29, 0.717) is 5.54 Å². The molecule has 0 spiro atoms. The van der Waals surface area contributed by atoms with Gasteiger partial charge in [-0.2, -0.15) is 21.9 Å². The van der Waals surface area contributed by atoms with Crippen LogP contribution in [0.15, 0.2) is 121 Å². The van der Waals surface area contributed by atoms with E-state index in [1.807, 2.05) is 0 Å². The van der Waals surface area contributed by atoms with Gasteiger partial charge in [-0.25, -0.2) is 0 Å². The zero-order valence-corrected chi connectivity index (χ0v) is 33.2. The van der Waals surface area contributed by atoms with Crippen LogP contribution in [0.2, 0.25) is 0 Å². The van der Waals surface area contributed by atoms with Crippen molar-refractivity contribution in [2.75, 3.05) is 0 Å². The van der Waals surface area contributed by atoms with Crippen LogP contribution in [0.3, 0.4) is 0 Å². The SMILES string of the molecule is CCCCCCCCC([NH3+])(CCCCCCCC)CCCCCCCC.c1ccc([B-](c2ccccc2)(c2ccccc2)c2ccccc2)cc1. The molecule has 0 aliphatic carbocycles. The fourth-order valence-electron chi connectivity index (χ4n) is 8.34. The van der Waals surface area contributed by atoms with Gasteiger partial charge in [-0.3, -0.25) is 0 Å². The lowest BCUT2D eigenvalue weighted by atomic mass is 9.13. The zero-order chi connectivity index (χ0) is 36.3. The van der Waals surface area contributed by atoms with Gasteiger partial charge in [0, 0.05) is 19.3 Å². The van der Waals surface area contributed by atoms with Gasteiger partial charge in [0.1, 0.15) is 6.15 Å². The van der Waals surface area contributed by atoms with Gasteiger partial charge in [0.05, 0.1) is 5.54 Å². The standard InChI is InChI=1S/C25H53N.C24H20B/c1-4-7-10-13-16-19-22-25(26,23-20-17-14-11-8-5-2)24-21-18-15-12-9-6-3;1-5-13-21(14-6-1)25(22-15-7-2-8-16-22,23-17-9-3-10-18-23)24-19-11-4-12-20-24/h4-24,26H2,1-3H3;1-20H/q;-1/p+1. The Bertz CT molecular complexity index is 1150. The van der Waals surface area contributed by atoms with Crippen molar-refractivity contribution in [2.24, 2.45) is 0 Å². The van der Waals surface area contributed by atoms with E-state index in [9.17, 15) is 0 Å². The van der Waals surface area contributed by atoms with Gasteiger partial charge < -0.3 is 5.73 Å². The lowest BCUT2D eigenvalue weighted by Gasteiger charge is -2.44. The minimum atomic E-state index is -1.22. The molecule has 0 saturated heterocycles. The summed E-state index contributed by atoms with van der Waals surface area (Å²) in [5, 5.41) is 0. The summed E-state index contributed by atoms with van der Waals surface area (Å²) < 4.78 is 0. The first-order valence-corrected chi connectivity index (χ1v) is 21.3. The lowest BCUT2D eigenvalue weighted by molar-refractivity contribution is -0.484. The normalized spacial score (nSPS) is 11.6. The van der Waals surface area contributed by atoms with Crippen LogP contribution in [-0.2, 0) is 0 Å². The van der Waals surface area contributed by atoms with Crippen molar-refractivity contribution in [1.29, 1.82) is 0 Å². The Kier molecular flexibility index (Phi) is 21.4. The molecule has 0 fully saturated rings. The van der Waals surface area contributed by atoms with Gasteiger partial charge in [0.25, 0.3) is 0 Å². The van der Waals surface area contributed by atoms with E-state index in [1.165, 1.54) is 157 Å². The maximum atomic E-state index is 4.77. The van der Waals surface area contributed by atoms with Crippen LogP contribution in [0.25, 0.3) is 0 Å². The summed E-state index contributed by atoms with van der Waals surface area (Å²) in [5.41, 5.74) is 10.5. The van der Waals surface area contributed by atoms with E-state index in [4.69, 9.17) is 5.73 Å². The summed E-state index contributed by atoms with van der Waals surface area (Å²) in [5.74, 6) is 0. The van der Waals surface area contributed by atoms with E-state index in [1.54, 1.807) is 0 Å². The summed E-state index contributed by atoms with van der Waals surface area (Å²) in [6.07, 6.45) is 28.5. The largest absolute Gasteiger partial charge is 0.353 e. The first kappa shape index (κ1) is 42.3. The molecule has 278 valence electrons. The molecular formula is C49H74BN. The van der Waals surface area contributed by atoms with E-state index < -0.39 is 6.15 Å². The highest BCUT2D eigenvalue weighted by Crippen LogP contribution is 2.25. The Labute approximate surface area is 315 Å². The summed E-state index contributed by atoms with van der Waals surface area (Å²) in [6, 6.07) is 43.5. The monoisotopic (exact) mass is 688 g/mol. The molecule has 0 aliphatic heterocycles. The first-order valence-electron chi connectivity index (χ1n) is 21.3. The highest BCUT2D eigenvalue weighted by atomic mass is 14.7. The summed E-state index contributed by atoms with van der Waals surface area (Å²) in [4.78, 5) is 0. The summed E-state index contributed by atoms with van der Waals surface area (Å²) in [6.45, 7) is 6.92. The van der Waals surface area contributed by atoms with Crippen molar-refractivity contribution in [3.05, 3.63) is 121 Å². The molecule has 51 heavy (non-hydrogen) atoms. The van der Waals surface area contributed by atoms with Crippen molar-refractivity contribution in [1.82, 2.24) is 0 Å². The average molecular weight is 688 g/mol. The maximum Gasteiger partial charge on any atom is 0.108 e. The highest BCUT2D eigenvalue weighted by molar-refractivity contribution is 7.19. The Hall–Kier alpha value is -3.10. The number of hydrogen-bond acceptors (Lipinski definition) is 0. The third-order valence-electron chi connectivity index (χ3n) is 11.4. The molecule has 4 aromatic rings. The minimum Gasteiger partial charge on any atom is -0.353 e. The topological polar surface area (TPSA) is 27.6 Å². The Balaban J connectivity index is 0.000000275. The van der Waals surface area contributed by atoms with Crippen LogP contribution in [0, 0.1) is 0 Å². The van der Waals surface area contributed by atoms with Crippen LogP contribution in [0.4, 0.5) is 0 Å². The zero-order valence-electron chi connectivity index (χ0n) is 33.2. The second kappa shape index (κ2) is 25.8. The molecule has 1 nitrogen and oxygen atoms in total. The van der Waals surface area contributed by atoms with E-state index in [-0.39, 0.29) is 0 Å². The summed E-state index contributed by atoms with van der Waals surface area (Å²) >= 11 is 0. The van der Waals surface area contributed by atoms with Crippen LogP contribution in [0.1, 0.15) is 156 Å².